The smallest absolute Gasteiger partial charge is 0.337 e. The van der Waals surface area contributed by atoms with Crippen LogP contribution in [0.4, 0.5) is 10.1 Å². The number of methoxy groups -OCH3 is 1. The molecule has 0 bridgehead atoms. The van der Waals surface area contributed by atoms with E-state index in [4.69, 9.17) is 5.11 Å². The second-order valence-electron chi connectivity index (χ2n) is 4.66. The molecular formula is C14H13Br2FN2O4. The second kappa shape index (κ2) is 7.41. The van der Waals surface area contributed by atoms with E-state index in [0.29, 0.717) is 8.95 Å². The molecule has 0 saturated heterocycles. The summed E-state index contributed by atoms with van der Waals surface area (Å²) in [6.07, 6.45) is 0. The maximum absolute atomic E-state index is 14.1. The van der Waals surface area contributed by atoms with Gasteiger partial charge in [0.05, 0.1) is 31.5 Å². The van der Waals surface area contributed by atoms with Gasteiger partial charge < -0.3 is 20.1 Å². The van der Waals surface area contributed by atoms with Crippen LogP contribution < -0.4 is 5.32 Å². The molecule has 2 N–H and O–H groups in total. The van der Waals surface area contributed by atoms with Crippen LogP contribution in [0.2, 0.25) is 0 Å². The number of rotatable bonds is 5. The molecular weight excluding hydrogens is 439 g/mol. The van der Waals surface area contributed by atoms with Gasteiger partial charge in [0.25, 0.3) is 5.91 Å². The van der Waals surface area contributed by atoms with Gasteiger partial charge in [-0.1, -0.05) is 15.9 Å². The highest BCUT2D eigenvalue weighted by atomic mass is 79.9. The number of aliphatic hydroxyl groups is 1. The third kappa shape index (κ3) is 3.73. The van der Waals surface area contributed by atoms with E-state index in [1.54, 1.807) is 6.07 Å². The van der Waals surface area contributed by atoms with Crippen LogP contribution in [0.3, 0.4) is 0 Å². The normalized spacial score (nSPS) is 14.5. The van der Waals surface area contributed by atoms with Gasteiger partial charge in [-0.15, -0.1) is 0 Å². The number of carbonyl (C=O) groups is 2. The Labute approximate surface area is 148 Å². The molecule has 0 fully saturated rings. The van der Waals surface area contributed by atoms with Crippen molar-refractivity contribution >= 4 is 49.4 Å². The largest absolute Gasteiger partial charge is 0.466 e. The molecule has 1 heterocycles. The van der Waals surface area contributed by atoms with E-state index in [0.717, 1.165) is 0 Å². The lowest BCUT2D eigenvalue weighted by Gasteiger charge is -2.15. The lowest BCUT2D eigenvalue weighted by Crippen LogP contribution is -2.31. The van der Waals surface area contributed by atoms with Crippen molar-refractivity contribution < 1.29 is 23.8 Å². The SMILES string of the molecule is COC(=O)C1=C(Nc2c(F)cc(Br)cc2Br)C(=O)N(CCO)C1. The Bertz CT molecular complexity index is 670. The van der Waals surface area contributed by atoms with Crippen molar-refractivity contribution in [3.05, 3.63) is 38.2 Å². The number of carbonyl (C=O) groups excluding carboxylic acids is 2. The number of β-amino-alcohol motifs (C(OH)–C–C–N with tert-alkyl or cyclic N) is 1. The summed E-state index contributed by atoms with van der Waals surface area (Å²) < 4.78 is 19.7. The molecule has 1 aliphatic heterocycles. The highest BCUT2D eigenvalue weighted by Gasteiger charge is 2.35. The Morgan fingerprint density at radius 3 is 2.74 bits per heavy atom. The number of hydrogen-bond acceptors (Lipinski definition) is 5. The molecule has 1 aliphatic rings. The van der Waals surface area contributed by atoms with E-state index in [1.807, 2.05) is 0 Å². The molecule has 0 atom stereocenters. The number of esters is 1. The van der Waals surface area contributed by atoms with Crippen molar-refractivity contribution in [2.24, 2.45) is 0 Å². The minimum Gasteiger partial charge on any atom is -0.466 e. The number of nitrogens with one attached hydrogen (secondary N) is 1. The molecule has 6 nitrogen and oxygen atoms in total. The Morgan fingerprint density at radius 2 is 2.17 bits per heavy atom. The molecule has 0 radical (unpaired) electrons. The van der Waals surface area contributed by atoms with Crippen LogP contribution in [0.5, 0.6) is 0 Å². The molecule has 0 spiro atoms. The average Bonchev–Trinajstić information content (AvgIpc) is 2.79. The van der Waals surface area contributed by atoms with E-state index >= 15 is 0 Å². The lowest BCUT2D eigenvalue weighted by molar-refractivity contribution is -0.136. The molecule has 124 valence electrons. The Kier molecular flexibility index (Phi) is 5.77. The molecule has 0 aliphatic carbocycles. The Balaban J connectivity index is 2.41. The molecule has 0 unspecified atom stereocenters. The van der Waals surface area contributed by atoms with Crippen LogP contribution in [0, 0.1) is 5.82 Å². The predicted molar refractivity (Wildman–Crippen MR) is 88.1 cm³/mol. The van der Waals surface area contributed by atoms with E-state index in [2.05, 4.69) is 41.9 Å². The minimum atomic E-state index is -0.685. The van der Waals surface area contributed by atoms with Gasteiger partial charge in [0.1, 0.15) is 11.5 Å². The lowest BCUT2D eigenvalue weighted by atomic mass is 10.2. The summed E-state index contributed by atoms with van der Waals surface area (Å²) in [6.45, 7) is -0.192. The number of amides is 1. The number of halogens is 3. The minimum absolute atomic E-state index is 0.00976. The number of anilines is 1. The fraction of sp³-hybridized carbons (Fsp3) is 0.286. The van der Waals surface area contributed by atoms with E-state index in [9.17, 15) is 14.0 Å². The first-order valence-corrected chi connectivity index (χ1v) is 8.10. The fourth-order valence-electron chi connectivity index (χ4n) is 2.14. The van der Waals surface area contributed by atoms with Gasteiger partial charge in [-0.25, -0.2) is 9.18 Å². The van der Waals surface area contributed by atoms with Crippen molar-refractivity contribution in [3.8, 4) is 0 Å². The Morgan fingerprint density at radius 1 is 1.48 bits per heavy atom. The highest BCUT2D eigenvalue weighted by molar-refractivity contribution is 9.11. The van der Waals surface area contributed by atoms with E-state index in [1.165, 1.54) is 18.1 Å². The summed E-state index contributed by atoms with van der Waals surface area (Å²) in [5.41, 5.74) is 0.0520. The molecule has 0 aromatic heterocycles. The fourth-order valence-corrected chi connectivity index (χ4v) is 3.41. The van der Waals surface area contributed by atoms with Gasteiger partial charge in [-0.05, 0) is 28.1 Å². The molecule has 0 saturated carbocycles. The van der Waals surface area contributed by atoms with Gasteiger partial charge in [0.2, 0.25) is 0 Å². The third-order valence-electron chi connectivity index (χ3n) is 3.21. The first-order valence-electron chi connectivity index (χ1n) is 6.52. The van der Waals surface area contributed by atoms with Gasteiger partial charge in [0, 0.05) is 15.5 Å². The van der Waals surface area contributed by atoms with E-state index in [-0.39, 0.29) is 36.7 Å². The van der Waals surface area contributed by atoms with Crippen molar-refractivity contribution in [3.63, 3.8) is 0 Å². The first-order chi connectivity index (χ1) is 10.9. The highest BCUT2D eigenvalue weighted by Crippen LogP contribution is 2.32. The number of aliphatic hydroxyl groups excluding tert-OH is 1. The molecule has 1 aromatic carbocycles. The molecule has 1 aromatic rings. The van der Waals surface area contributed by atoms with Gasteiger partial charge in [0.15, 0.2) is 0 Å². The van der Waals surface area contributed by atoms with Gasteiger partial charge >= 0.3 is 5.97 Å². The summed E-state index contributed by atoms with van der Waals surface area (Å²) in [4.78, 5) is 25.5. The second-order valence-corrected chi connectivity index (χ2v) is 6.43. The molecule has 9 heteroatoms. The van der Waals surface area contributed by atoms with Crippen molar-refractivity contribution in [1.29, 1.82) is 0 Å². The number of hydrogen-bond donors (Lipinski definition) is 2. The van der Waals surface area contributed by atoms with Gasteiger partial charge in [-0.3, -0.25) is 4.79 Å². The van der Waals surface area contributed by atoms with E-state index < -0.39 is 17.7 Å². The van der Waals surface area contributed by atoms with Gasteiger partial charge in [-0.2, -0.15) is 0 Å². The summed E-state index contributed by atoms with van der Waals surface area (Å²) >= 11 is 6.37. The maximum atomic E-state index is 14.1. The summed E-state index contributed by atoms with van der Waals surface area (Å²) in [6, 6.07) is 2.84. The zero-order valence-corrected chi connectivity index (χ0v) is 15.2. The Hall–Kier alpha value is -1.45. The zero-order chi connectivity index (χ0) is 17.1. The van der Waals surface area contributed by atoms with Crippen LogP contribution in [-0.2, 0) is 14.3 Å². The molecule has 23 heavy (non-hydrogen) atoms. The molecule has 1 amide bonds. The van der Waals surface area contributed by atoms with Crippen LogP contribution in [0.1, 0.15) is 0 Å². The van der Waals surface area contributed by atoms with Crippen molar-refractivity contribution in [2.45, 2.75) is 0 Å². The third-order valence-corrected chi connectivity index (χ3v) is 4.29. The number of nitrogens with zero attached hydrogens (tertiary/aromatic N) is 1. The number of benzene rings is 1. The summed E-state index contributed by atoms with van der Waals surface area (Å²) in [5, 5.41) is 11.7. The van der Waals surface area contributed by atoms with Crippen LogP contribution in [0.25, 0.3) is 0 Å². The predicted octanol–water partition coefficient (Wildman–Crippen LogP) is 2.02. The van der Waals surface area contributed by atoms with Crippen LogP contribution in [0.15, 0.2) is 32.3 Å². The number of ether oxygens (including phenoxy) is 1. The molecule has 2 rings (SSSR count). The van der Waals surface area contributed by atoms with Crippen LogP contribution in [-0.4, -0.2) is 48.7 Å². The zero-order valence-electron chi connectivity index (χ0n) is 12.0. The summed E-state index contributed by atoms with van der Waals surface area (Å²) in [5.74, 6) is -1.79. The quantitative estimate of drug-likeness (QED) is 0.669. The summed E-state index contributed by atoms with van der Waals surface area (Å²) in [7, 11) is 1.20. The first kappa shape index (κ1) is 17.9. The van der Waals surface area contributed by atoms with Crippen molar-refractivity contribution in [1.82, 2.24) is 4.90 Å². The van der Waals surface area contributed by atoms with Crippen LogP contribution >= 0.6 is 31.9 Å². The monoisotopic (exact) mass is 450 g/mol. The standard InChI is InChI=1S/C14H13Br2FN2O4/c1-23-14(22)8-6-19(2-3-20)13(21)11(8)18-12-9(16)4-7(15)5-10(12)17/h4-5,18,20H,2-3,6H2,1H3. The maximum Gasteiger partial charge on any atom is 0.337 e. The topological polar surface area (TPSA) is 78.9 Å². The average molecular weight is 452 g/mol. The van der Waals surface area contributed by atoms with Crippen molar-refractivity contribution in [2.75, 3.05) is 32.1 Å².